The van der Waals surface area contributed by atoms with Crippen molar-refractivity contribution >= 4 is 0 Å². The number of piperidine rings is 1. The van der Waals surface area contributed by atoms with Crippen molar-refractivity contribution in [3.05, 3.63) is 0 Å². The summed E-state index contributed by atoms with van der Waals surface area (Å²) in [6.45, 7) is 6.45. The number of aliphatic hydroxyl groups excluding tert-OH is 1. The first kappa shape index (κ1) is 12.9. The molecule has 0 aliphatic carbocycles. The van der Waals surface area contributed by atoms with E-state index in [2.05, 4.69) is 23.9 Å². The lowest BCUT2D eigenvalue weighted by atomic mass is 9.96. The second-order valence-corrected chi connectivity index (χ2v) is 5.07. The van der Waals surface area contributed by atoms with E-state index in [9.17, 15) is 5.11 Å². The molecule has 1 saturated heterocycles. The SMILES string of the molecule is CCC(O)CN1CCC(CN(C)C)CC1. The first-order valence-electron chi connectivity index (χ1n) is 6.17. The Morgan fingerprint density at radius 1 is 1.33 bits per heavy atom. The van der Waals surface area contributed by atoms with Crippen molar-refractivity contribution in [3.8, 4) is 0 Å². The molecule has 0 saturated carbocycles. The highest BCUT2D eigenvalue weighted by Gasteiger charge is 2.20. The maximum atomic E-state index is 9.57. The van der Waals surface area contributed by atoms with Crippen LogP contribution < -0.4 is 0 Å². The second kappa shape index (κ2) is 6.46. The summed E-state index contributed by atoms with van der Waals surface area (Å²) in [4.78, 5) is 4.68. The molecule has 1 fully saturated rings. The van der Waals surface area contributed by atoms with Crippen LogP contribution in [0, 0.1) is 5.92 Å². The Labute approximate surface area is 94.1 Å². The summed E-state index contributed by atoms with van der Waals surface area (Å²) in [5, 5.41) is 9.57. The molecule has 0 spiro atoms. The van der Waals surface area contributed by atoms with Crippen LogP contribution in [0.5, 0.6) is 0 Å². The summed E-state index contributed by atoms with van der Waals surface area (Å²) in [6, 6.07) is 0. The highest BCUT2D eigenvalue weighted by molar-refractivity contribution is 4.75. The molecule has 1 unspecified atom stereocenters. The molecular formula is C12H26N2O. The van der Waals surface area contributed by atoms with E-state index in [4.69, 9.17) is 0 Å². The highest BCUT2D eigenvalue weighted by Crippen LogP contribution is 2.17. The van der Waals surface area contributed by atoms with Crippen molar-refractivity contribution in [1.29, 1.82) is 0 Å². The summed E-state index contributed by atoms with van der Waals surface area (Å²) in [5.74, 6) is 0.856. The largest absolute Gasteiger partial charge is 0.392 e. The molecule has 0 aromatic carbocycles. The average molecular weight is 214 g/mol. The van der Waals surface area contributed by atoms with Crippen LogP contribution in [0.3, 0.4) is 0 Å². The number of aliphatic hydroxyl groups is 1. The molecule has 1 atom stereocenters. The number of likely N-dealkylation sites (tertiary alicyclic amines) is 1. The highest BCUT2D eigenvalue weighted by atomic mass is 16.3. The average Bonchev–Trinajstić information content (AvgIpc) is 2.20. The van der Waals surface area contributed by atoms with E-state index in [1.165, 1.54) is 19.4 Å². The minimum atomic E-state index is -0.129. The third-order valence-corrected chi connectivity index (χ3v) is 3.27. The summed E-state index contributed by atoms with van der Waals surface area (Å²) in [5.41, 5.74) is 0. The molecule has 1 aliphatic rings. The van der Waals surface area contributed by atoms with Crippen molar-refractivity contribution < 1.29 is 5.11 Å². The predicted molar refractivity (Wildman–Crippen MR) is 64.0 cm³/mol. The monoisotopic (exact) mass is 214 g/mol. The summed E-state index contributed by atoms with van der Waals surface area (Å²) < 4.78 is 0. The van der Waals surface area contributed by atoms with Gasteiger partial charge in [-0.3, -0.25) is 0 Å². The predicted octanol–water partition coefficient (Wildman–Crippen LogP) is 1.03. The van der Waals surface area contributed by atoms with Crippen molar-refractivity contribution in [2.45, 2.75) is 32.3 Å². The van der Waals surface area contributed by atoms with Crippen LogP contribution in [0.4, 0.5) is 0 Å². The van der Waals surface area contributed by atoms with Gasteiger partial charge in [-0.1, -0.05) is 6.92 Å². The zero-order valence-corrected chi connectivity index (χ0v) is 10.4. The number of nitrogens with zero attached hydrogens (tertiary/aromatic N) is 2. The summed E-state index contributed by atoms with van der Waals surface area (Å²) >= 11 is 0. The van der Waals surface area contributed by atoms with E-state index in [0.29, 0.717) is 0 Å². The van der Waals surface area contributed by atoms with Crippen LogP contribution in [-0.4, -0.2) is 61.3 Å². The second-order valence-electron chi connectivity index (χ2n) is 5.07. The van der Waals surface area contributed by atoms with Gasteiger partial charge in [-0.15, -0.1) is 0 Å². The van der Waals surface area contributed by atoms with E-state index in [1.54, 1.807) is 0 Å². The molecule has 3 heteroatoms. The van der Waals surface area contributed by atoms with Gasteiger partial charge < -0.3 is 14.9 Å². The van der Waals surface area contributed by atoms with Crippen LogP contribution in [-0.2, 0) is 0 Å². The molecule has 3 nitrogen and oxygen atoms in total. The van der Waals surface area contributed by atoms with Gasteiger partial charge >= 0.3 is 0 Å². The molecule has 90 valence electrons. The van der Waals surface area contributed by atoms with Crippen LogP contribution in [0.2, 0.25) is 0 Å². The fourth-order valence-corrected chi connectivity index (χ4v) is 2.30. The van der Waals surface area contributed by atoms with Gasteiger partial charge in [-0.05, 0) is 52.4 Å². The summed E-state index contributed by atoms with van der Waals surface area (Å²) in [7, 11) is 4.29. The van der Waals surface area contributed by atoms with Gasteiger partial charge in [0.15, 0.2) is 0 Å². The standard InChI is InChI=1S/C12H26N2O/c1-4-12(15)10-14-7-5-11(6-8-14)9-13(2)3/h11-12,15H,4-10H2,1-3H3. The quantitative estimate of drug-likeness (QED) is 0.740. The van der Waals surface area contributed by atoms with Crippen molar-refractivity contribution in [3.63, 3.8) is 0 Å². The normalized spacial score (nSPS) is 22.2. The molecule has 1 aliphatic heterocycles. The van der Waals surface area contributed by atoms with Gasteiger partial charge in [0.25, 0.3) is 0 Å². The number of rotatable bonds is 5. The molecule has 15 heavy (non-hydrogen) atoms. The van der Waals surface area contributed by atoms with Gasteiger partial charge in [-0.25, -0.2) is 0 Å². The van der Waals surface area contributed by atoms with Crippen molar-refractivity contribution in [2.24, 2.45) is 5.92 Å². The molecule has 0 amide bonds. The number of hydrogen-bond acceptors (Lipinski definition) is 3. The van der Waals surface area contributed by atoms with Crippen LogP contribution >= 0.6 is 0 Å². The van der Waals surface area contributed by atoms with E-state index in [0.717, 1.165) is 32.0 Å². The third-order valence-electron chi connectivity index (χ3n) is 3.27. The van der Waals surface area contributed by atoms with Crippen LogP contribution in [0.25, 0.3) is 0 Å². The van der Waals surface area contributed by atoms with Gasteiger partial charge in [0.2, 0.25) is 0 Å². The van der Waals surface area contributed by atoms with Gasteiger partial charge in [0.05, 0.1) is 6.10 Å². The van der Waals surface area contributed by atoms with Gasteiger partial charge in [-0.2, -0.15) is 0 Å². The van der Waals surface area contributed by atoms with Crippen molar-refractivity contribution in [1.82, 2.24) is 9.80 Å². The zero-order chi connectivity index (χ0) is 11.3. The Balaban J connectivity index is 2.18. The molecule has 0 bridgehead atoms. The van der Waals surface area contributed by atoms with Crippen LogP contribution in [0.1, 0.15) is 26.2 Å². The Bertz CT molecular complexity index is 165. The van der Waals surface area contributed by atoms with Gasteiger partial charge in [0.1, 0.15) is 0 Å². The van der Waals surface area contributed by atoms with Crippen LogP contribution in [0.15, 0.2) is 0 Å². The zero-order valence-electron chi connectivity index (χ0n) is 10.4. The van der Waals surface area contributed by atoms with Gasteiger partial charge in [0, 0.05) is 13.1 Å². The molecule has 1 heterocycles. The lowest BCUT2D eigenvalue weighted by Crippen LogP contribution is -2.40. The Kier molecular flexibility index (Phi) is 5.58. The van der Waals surface area contributed by atoms with E-state index in [1.807, 2.05) is 6.92 Å². The Morgan fingerprint density at radius 3 is 2.40 bits per heavy atom. The number of hydrogen-bond donors (Lipinski definition) is 1. The first-order chi connectivity index (χ1) is 7.11. The first-order valence-corrected chi connectivity index (χ1v) is 6.17. The van der Waals surface area contributed by atoms with E-state index in [-0.39, 0.29) is 6.10 Å². The molecule has 1 rings (SSSR count). The third kappa shape index (κ3) is 4.96. The molecular weight excluding hydrogens is 188 g/mol. The topological polar surface area (TPSA) is 26.7 Å². The maximum Gasteiger partial charge on any atom is 0.0664 e. The molecule has 0 aromatic rings. The Hall–Kier alpha value is -0.120. The smallest absolute Gasteiger partial charge is 0.0664 e. The lowest BCUT2D eigenvalue weighted by Gasteiger charge is -2.34. The number of β-amino-alcohol motifs (C(OH)–C–C–N with tert-alkyl or cyclic N) is 1. The van der Waals surface area contributed by atoms with E-state index >= 15 is 0 Å². The van der Waals surface area contributed by atoms with Crippen molar-refractivity contribution in [2.75, 3.05) is 40.3 Å². The summed E-state index contributed by atoms with van der Waals surface area (Å²) in [6.07, 6.45) is 3.32. The fourth-order valence-electron chi connectivity index (χ4n) is 2.30. The lowest BCUT2D eigenvalue weighted by molar-refractivity contribution is 0.0826. The maximum absolute atomic E-state index is 9.57. The minimum absolute atomic E-state index is 0.129. The Morgan fingerprint density at radius 2 is 1.93 bits per heavy atom. The molecule has 0 radical (unpaired) electrons. The molecule has 1 N–H and O–H groups in total. The van der Waals surface area contributed by atoms with E-state index < -0.39 is 0 Å². The molecule has 0 aromatic heterocycles. The fraction of sp³-hybridized carbons (Fsp3) is 1.00. The minimum Gasteiger partial charge on any atom is -0.392 e.